The maximum atomic E-state index is 12.5. The first-order valence-corrected chi connectivity index (χ1v) is 11.2. The van der Waals surface area contributed by atoms with E-state index in [0.29, 0.717) is 11.5 Å². The van der Waals surface area contributed by atoms with E-state index in [0.717, 1.165) is 18.1 Å². The van der Waals surface area contributed by atoms with Gasteiger partial charge in [0.2, 0.25) is 0 Å². The largest absolute Gasteiger partial charge is 0.508 e. The van der Waals surface area contributed by atoms with E-state index in [2.05, 4.69) is 12.1 Å². The van der Waals surface area contributed by atoms with E-state index < -0.39 is 8.03 Å². The number of phenolic OH excluding ortho intramolecular Hbond substituents is 1. The third-order valence-corrected chi connectivity index (χ3v) is 6.98. The molecule has 1 aliphatic carbocycles. The summed E-state index contributed by atoms with van der Waals surface area (Å²) in [5.74, 6) is 0.928. The van der Waals surface area contributed by atoms with Gasteiger partial charge < -0.3 is 9.63 Å². The molecule has 1 atom stereocenters. The molecule has 0 aromatic heterocycles. The Labute approximate surface area is 166 Å². The van der Waals surface area contributed by atoms with Crippen molar-refractivity contribution < 1.29 is 14.2 Å². The molecular formula is C24H25O3P. The molecule has 0 saturated heterocycles. The van der Waals surface area contributed by atoms with E-state index in [4.69, 9.17) is 4.52 Å². The topological polar surface area (TPSA) is 46.5 Å². The zero-order valence-corrected chi connectivity index (χ0v) is 16.8. The molecule has 28 heavy (non-hydrogen) atoms. The van der Waals surface area contributed by atoms with E-state index in [1.165, 1.54) is 30.4 Å². The molecule has 1 N–H and O–H groups in total. The Kier molecular flexibility index (Phi) is 5.54. The van der Waals surface area contributed by atoms with Crippen molar-refractivity contribution in [1.29, 1.82) is 0 Å². The Balaban J connectivity index is 1.60. The summed E-state index contributed by atoms with van der Waals surface area (Å²) < 4.78 is 18.2. The van der Waals surface area contributed by atoms with Gasteiger partial charge in [0, 0.05) is 10.7 Å². The highest BCUT2D eigenvalue weighted by Crippen LogP contribution is 2.45. The quantitative estimate of drug-likeness (QED) is 0.557. The van der Waals surface area contributed by atoms with Crippen molar-refractivity contribution in [3.05, 3.63) is 90.0 Å². The van der Waals surface area contributed by atoms with Crippen LogP contribution in [-0.2, 0) is 9.98 Å². The zero-order valence-electron chi connectivity index (χ0n) is 15.8. The van der Waals surface area contributed by atoms with Gasteiger partial charge in [0.1, 0.15) is 11.5 Å². The fourth-order valence-corrected chi connectivity index (χ4v) is 5.19. The second-order valence-electron chi connectivity index (χ2n) is 7.47. The van der Waals surface area contributed by atoms with Crippen LogP contribution < -0.4 is 9.83 Å². The summed E-state index contributed by atoms with van der Waals surface area (Å²) >= 11 is 0. The minimum absolute atomic E-state index is 0.0326. The van der Waals surface area contributed by atoms with Gasteiger partial charge in [-0.25, -0.2) is 0 Å². The van der Waals surface area contributed by atoms with Gasteiger partial charge in [-0.2, -0.15) is 0 Å². The van der Waals surface area contributed by atoms with E-state index in [1.807, 2.05) is 54.6 Å². The number of benzene rings is 3. The lowest BCUT2D eigenvalue weighted by Gasteiger charge is -2.38. The molecule has 4 rings (SSSR count). The standard InChI is InChI=1S/C24H25O3P/c25-21-13-9-19(10-14-21)24(17-5-2-6-18-24)20-11-15-22(16-12-20)27-28(26)23-7-3-1-4-8-23/h1,3-4,7-16,25,28H,2,5-6,17-18H2. The number of rotatable bonds is 5. The summed E-state index contributed by atoms with van der Waals surface area (Å²) in [6.45, 7) is 0. The third kappa shape index (κ3) is 3.86. The molecule has 3 nitrogen and oxygen atoms in total. The molecule has 0 amide bonds. The normalized spacial score (nSPS) is 17.0. The number of hydrogen-bond donors (Lipinski definition) is 1. The van der Waals surface area contributed by atoms with Gasteiger partial charge in [0.15, 0.2) is 0 Å². The Morgan fingerprint density at radius 2 is 1.32 bits per heavy atom. The van der Waals surface area contributed by atoms with Crippen LogP contribution in [-0.4, -0.2) is 5.11 Å². The van der Waals surface area contributed by atoms with Crippen LogP contribution in [0.3, 0.4) is 0 Å². The zero-order chi connectivity index (χ0) is 19.4. The third-order valence-electron chi connectivity index (χ3n) is 5.75. The van der Waals surface area contributed by atoms with Gasteiger partial charge in [0.25, 0.3) is 8.03 Å². The lowest BCUT2D eigenvalue weighted by Crippen LogP contribution is -2.30. The van der Waals surface area contributed by atoms with Crippen molar-refractivity contribution in [2.45, 2.75) is 37.5 Å². The highest BCUT2D eigenvalue weighted by Gasteiger charge is 2.35. The molecule has 144 valence electrons. The van der Waals surface area contributed by atoms with Crippen molar-refractivity contribution in [2.24, 2.45) is 0 Å². The van der Waals surface area contributed by atoms with E-state index in [-0.39, 0.29) is 5.41 Å². The van der Waals surface area contributed by atoms with Gasteiger partial charge in [-0.15, -0.1) is 0 Å². The van der Waals surface area contributed by atoms with E-state index >= 15 is 0 Å². The van der Waals surface area contributed by atoms with Gasteiger partial charge in [-0.3, -0.25) is 4.57 Å². The SMILES string of the molecule is O=[PH](Oc1ccc(C2(c3ccc(O)cc3)CCCCC2)cc1)c1ccccc1. The second kappa shape index (κ2) is 8.24. The minimum atomic E-state index is -2.31. The summed E-state index contributed by atoms with van der Waals surface area (Å²) in [7, 11) is -2.31. The van der Waals surface area contributed by atoms with Crippen molar-refractivity contribution in [3.63, 3.8) is 0 Å². The Morgan fingerprint density at radius 3 is 1.93 bits per heavy atom. The molecular weight excluding hydrogens is 367 g/mol. The predicted molar refractivity (Wildman–Crippen MR) is 114 cm³/mol. The van der Waals surface area contributed by atoms with Gasteiger partial charge in [-0.05, 0) is 60.4 Å². The van der Waals surface area contributed by atoms with Crippen LogP contribution in [0.25, 0.3) is 0 Å². The summed E-state index contributed by atoms with van der Waals surface area (Å²) in [6.07, 6.45) is 5.85. The highest BCUT2D eigenvalue weighted by molar-refractivity contribution is 7.48. The van der Waals surface area contributed by atoms with Gasteiger partial charge in [-0.1, -0.05) is 61.7 Å². The minimum Gasteiger partial charge on any atom is -0.508 e. The maximum absolute atomic E-state index is 12.5. The summed E-state index contributed by atoms with van der Waals surface area (Å²) in [5, 5.41) is 10.4. The van der Waals surface area contributed by atoms with Crippen molar-refractivity contribution in [3.8, 4) is 11.5 Å². The Morgan fingerprint density at radius 1 is 0.750 bits per heavy atom. The maximum Gasteiger partial charge on any atom is 0.265 e. The predicted octanol–water partition coefficient (Wildman–Crippen LogP) is 5.82. The fourth-order valence-electron chi connectivity index (χ4n) is 4.26. The van der Waals surface area contributed by atoms with E-state index in [9.17, 15) is 9.67 Å². The van der Waals surface area contributed by atoms with Crippen molar-refractivity contribution in [2.75, 3.05) is 0 Å². The summed E-state index contributed by atoms with van der Waals surface area (Å²) in [5.41, 5.74) is 2.47. The van der Waals surface area contributed by atoms with E-state index in [1.54, 1.807) is 12.1 Å². The van der Waals surface area contributed by atoms with Crippen LogP contribution in [0.4, 0.5) is 0 Å². The molecule has 4 heteroatoms. The van der Waals surface area contributed by atoms with Crippen molar-refractivity contribution in [1.82, 2.24) is 0 Å². The smallest absolute Gasteiger partial charge is 0.265 e. The molecule has 1 fully saturated rings. The van der Waals surface area contributed by atoms with Crippen LogP contribution in [0.5, 0.6) is 11.5 Å². The molecule has 0 bridgehead atoms. The molecule has 1 unspecified atom stereocenters. The van der Waals surface area contributed by atoms with Crippen LogP contribution >= 0.6 is 8.03 Å². The average molecular weight is 392 g/mol. The van der Waals surface area contributed by atoms with Crippen LogP contribution in [0.1, 0.15) is 43.2 Å². The highest BCUT2D eigenvalue weighted by atomic mass is 31.1. The molecule has 3 aromatic rings. The van der Waals surface area contributed by atoms with Crippen molar-refractivity contribution >= 4 is 13.3 Å². The molecule has 1 saturated carbocycles. The summed E-state index contributed by atoms with van der Waals surface area (Å²) in [6, 6.07) is 25.0. The molecule has 0 radical (unpaired) electrons. The average Bonchev–Trinajstić information content (AvgIpc) is 2.76. The van der Waals surface area contributed by atoms with Gasteiger partial charge in [0.05, 0.1) is 0 Å². The first kappa shape index (κ1) is 18.8. The first-order chi connectivity index (χ1) is 13.7. The number of hydrogen-bond acceptors (Lipinski definition) is 3. The number of aromatic hydroxyl groups is 1. The molecule has 3 aromatic carbocycles. The molecule has 0 spiro atoms. The van der Waals surface area contributed by atoms with Crippen LogP contribution in [0.2, 0.25) is 0 Å². The first-order valence-electron chi connectivity index (χ1n) is 9.85. The van der Waals surface area contributed by atoms with Crippen LogP contribution in [0, 0.1) is 0 Å². The molecule has 1 aliphatic rings. The fraction of sp³-hybridized carbons (Fsp3) is 0.250. The van der Waals surface area contributed by atoms with Gasteiger partial charge >= 0.3 is 0 Å². The monoisotopic (exact) mass is 392 g/mol. The Hall–Kier alpha value is -2.51. The number of phenols is 1. The molecule has 0 aliphatic heterocycles. The summed E-state index contributed by atoms with van der Waals surface area (Å²) in [4.78, 5) is 0. The lowest BCUT2D eigenvalue weighted by atomic mass is 9.65. The second-order valence-corrected chi connectivity index (χ2v) is 8.83. The molecule has 0 heterocycles. The Bertz CT molecular complexity index is 928. The van der Waals surface area contributed by atoms with Crippen LogP contribution in [0.15, 0.2) is 78.9 Å². The lowest BCUT2D eigenvalue weighted by molar-refractivity contribution is 0.345.